The van der Waals surface area contributed by atoms with E-state index < -0.39 is 12.7 Å². The number of likely N-dealkylation sites (tertiary alicyclic amines) is 1. The molecule has 0 bridgehead atoms. The topological polar surface area (TPSA) is 68.2 Å². The van der Waals surface area contributed by atoms with Crippen LogP contribution in [0, 0.1) is 0 Å². The molecule has 138 valence electrons. The van der Waals surface area contributed by atoms with Crippen molar-refractivity contribution in [2.24, 2.45) is 5.73 Å². The van der Waals surface area contributed by atoms with Crippen molar-refractivity contribution in [3.8, 4) is 11.4 Å². The number of alkyl halides is 3. The summed E-state index contributed by atoms with van der Waals surface area (Å²) >= 11 is 0. The summed E-state index contributed by atoms with van der Waals surface area (Å²) in [5, 5.41) is 3.96. The highest BCUT2D eigenvalue weighted by Crippen LogP contribution is 2.29. The number of nitrogens with two attached hydrogens (primary N) is 1. The van der Waals surface area contributed by atoms with Crippen LogP contribution in [0.2, 0.25) is 0 Å². The predicted molar refractivity (Wildman–Crippen MR) is 89.3 cm³/mol. The van der Waals surface area contributed by atoms with E-state index in [9.17, 15) is 13.2 Å². The quantitative estimate of drug-likeness (QED) is 0.886. The van der Waals surface area contributed by atoms with Gasteiger partial charge < -0.3 is 10.3 Å². The molecular formula is C16H20ClF3N4O. The summed E-state index contributed by atoms with van der Waals surface area (Å²) in [7, 11) is 0. The Morgan fingerprint density at radius 2 is 1.96 bits per heavy atom. The molecule has 1 aliphatic heterocycles. The van der Waals surface area contributed by atoms with Crippen LogP contribution in [-0.4, -0.2) is 40.9 Å². The number of halogens is 4. The molecule has 1 aliphatic rings. The fourth-order valence-corrected chi connectivity index (χ4v) is 2.96. The van der Waals surface area contributed by atoms with E-state index in [1.807, 2.05) is 24.3 Å². The monoisotopic (exact) mass is 376 g/mol. The van der Waals surface area contributed by atoms with Crippen molar-refractivity contribution in [1.29, 1.82) is 0 Å². The fourth-order valence-electron chi connectivity index (χ4n) is 2.96. The molecule has 2 aromatic rings. The summed E-state index contributed by atoms with van der Waals surface area (Å²) in [5.74, 6) is 0.687. The van der Waals surface area contributed by atoms with E-state index in [1.54, 1.807) is 0 Å². The van der Waals surface area contributed by atoms with Gasteiger partial charge in [-0.15, -0.1) is 12.4 Å². The summed E-state index contributed by atoms with van der Waals surface area (Å²) in [6.07, 6.45) is -2.75. The largest absolute Gasteiger partial charge is 0.401 e. The average Bonchev–Trinajstić information content (AvgIpc) is 3.03. The number of hydrogen-bond acceptors (Lipinski definition) is 5. The maximum Gasteiger partial charge on any atom is 0.401 e. The van der Waals surface area contributed by atoms with Crippen molar-refractivity contribution in [1.82, 2.24) is 15.0 Å². The normalized spacial score (nSPS) is 18.8. The highest BCUT2D eigenvalue weighted by Gasteiger charge is 2.34. The fraction of sp³-hybridized carbons (Fsp3) is 0.500. The Morgan fingerprint density at radius 3 is 2.60 bits per heavy atom. The Kier molecular flexibility index (Phi) is 6.42. The molecule has 0 amide bonds. The first-order valence-electron chi connectivity index (χ1n) is 7.87. The molecule has 2 heterocycles. The van der Waals surface area contributed by atoms with Crippen LogP contribution in [0.1, 0.15) is 30.2 Å². The highest BCUT2D eigenvalue weighted by molar-refractivity contribution is 5.85. The van der Waals surface area contributed by atoms with E-state index in [0.29, 0.717) is 31.2 Å². The van der Waals surface area contributed by atoms with Crippen molar-refractivity contribution >= 4 is 12.4 Å². The average molecular weight is 377 g/mol. The predicted octanol–water partition coefficient (Wildman–Crippen LogP) is 3.36. The minimum Gasteiger partial charge on any atom is -0.339 e. The number of benzene rings is 1. The van der Waals surface area contributed by atoms with Crippen LogP contribution < -0.4 is 5.73 Å². The first-order chi connectivity index (χ1) is 11.4. The van der Waals surface area contributed by atoms with Crippen LogP contribution in [0.3, 0.4) is 0 Å². The second-order valence-electron chi connectivity index (χ2n) is 6.05. The van der Waals surface area contributed by atoms with Crippen LogP contribution in [0.15, 0.2) is 28.8 Å². The van der Waals surface area contributed by atoms with Crippen LogP contribution in [0.25, 0.3) is 11.4 Å². The van der Waals surface area contributed by atoms with Crippen molar-refractivity contribution in [3.05, 3.63) is 35.7 Å². The van der Waals surface area contributed by atoms with Gasteiger partial charge >= 0.3 is 6.18 Å². The van der Waals surface area contributed by atoms with Crippen molar-refractivity contribution in [2.75, 3.05) is 19.6 Å². The van der Waals surface area contributed by atoms with Crippen LogP contribution in [-0.2, 0) is 6.54 Å². The highest BCUT2D eigenvalue weighted by atomic mass is 35.5. The lowest BCUT2D eigenvalue weighted by molar-refractivity contribution is -0.148. The van der Waals surface area contributed by atoms with Gasteiger partial charge in [-0.2, -0.15) is 18.2 Å². The van der Waals surface area contributed by atoms with Crippen LogP contribution in [0.4, 0.5) is 13.2 Å². The van der Waals surface area contributed by atoms with Gasteiger partial charge in [0.05, 0.1) is 12.5 Å². The van der Waals surface area contributed by atoms with Crippen molar-refractivity contribution < 1.29 is 17.7 Å². The van der Waals surface area contributed by atoms with Gasteiger partial charge in [-0.3, -0.25) is 4.90 Å². The van der Waals surface area contributed by atoms with E-state index in [1.165, 1.54) is 4.90 Å². The van der Waals surface area contributed by atoms with Crippen LogP contribution >= 0.6 is 12.4 Å². The molecule has 1 fully saturated rings. The molecule has 0 radical (unpaired) electrons. The first kappa shape index (κ1) is 19.7. The summed E-state index contributed by atoms with van der Waals surface area (Å²) in [4.78, 5) is 5.77. The molecule has 25 heavy (non-hydrogen) atoms. The van der Waals surface area contributed by atoms with Gasteiger partial charge in [-0.25, -0.2) is 0 Å². The van der Waals surface area contributed by atoms with Gasteiger partial charge in [0.25, 0.3) is 0 Å². The molecule has 1 atom stereocenters. The molecule has 3 rings (SSSR count). The zero-order valence-corrected chi connectivity index (χ0v) is 14.3. The summed E-state index contributed by atoms with van der Waals surface area (Å²) < 4.78 is 43.0. The SMILES string of the molecule is Cl.NCc1ccc(-c2noc(C3CCCN(CC(F)(F)F)C3)n2)cc1. The van der Waals surface area contributed by atoms with Crippen molar-refractivity contribution in [3.63, 3.8) is 0 Å². The number of rotatable bonds is 4. The molecule has 0 spiro atoms. The lowest BCUT2D eigenvalue weighted by Crippen LogP contribution is -2.40. The third-order valence-corrected chi connectivity index (χ3v) is 4.15. The van der Waals surface area contributed by atoms with E-state index in [2.05, 4.69) is 10.1 Å². The summed E-state index contributed by atoms with van der Waals surface area (Å²) in [5.41, 5.74) is 7.36. The maximum absolute atomic E-state index is 12.6. The molecule has 1 aromatic heterocycles. The molecule has 0 saturated carbocycles. The lowest BCUT2D eigenvalue weighted by atomic mass is 9.98. The van der Waals surface area contributed by atoms with E-state index in [-0.39, 0.29) is 24.9 Å². The molecule has 9 heteroatoms. The Bertz CT molecular complexity index is 675. The van der Waals surface area contributed by atoms with Gasteiger partial charge in [0.2, 0.25) is 11.7 Å². The maximum atomic E-state index is 12.6. The standard InChI is InChI=1S/C16H19F3N4O.ClH/c17-16(18,19)10-23-7-1-2-13(9-23)15-21-14(22-24-15)12-5-3-11(8-20)4-6-12;/h3-6,13H,1-2,7-10,20H2;1H. The summed E-state index contributed by atoms with van der Waals surface area (Å²) in [6.45, 7) is 0.282. The zero-order chi connectivity index (χ0) is 17.2. The van der Waals surface area contributed by atoms with Gasteiger partial charge in [0.15, 0.2) is 0 Å². The molecule has 1 aromatic carbocycles. The third-order valence-electron chi connectivity index (χ3n) is 4.15. The van der Waals surface area contributed by atoms with E-state index in [4.69, 9.17) is 10.3 Å². The number of piperidine rings is 1. The van der Waals surface area contributed by atoms with E-state index in [0.717, 1.165) is 17.5 Å². The second kappa shape index (κ2) is 8.16. The Hall–Kier alpha value is -1.64. The van der Waals surface area contributed by atoms with Gasteiger partial charge in [-0.05, 0) is 24.9 Å². The lowest BCUT2D eigenvalue weighted by Gasteiger charge is -2.31. The van der Waals surface area contributed by atoms with Gasteiger partial charge in [0, 0.05) is 18.7 Å². The summed E-state index contributed by atoms with van der Waals surface area (Å²) in [6, 6.07) is 7.48. The minimum atomic E-state index is -4.19. The molecule has 0 aliphatic carbocycles. The van der Waals surface area contributed by atoms with Crippen LogP contribution in [0.5, 0.6) is 0 Å². The number of hydrogen-bond donors (Lipinski definition) is 1. The molecule has 5 nitrogen and oxygen atoms in total. The molecule has 1 unspecified atom stereocenters. The van der Waals surface area contributed by atoms with Crippen molar-refractivity contribution in [2.45, 2.75) is 31.5 Å². The van der Waals surface area contributed by atoms with Gasteiger partial charge in [-0.1, -0.05) is 29.4 Å². The first-order valence-corrected chi connectivity index (χ1v) is 7.87. The Labute approximate surface area is 149 Å². The Balaban J connectivity index is 0.00000225. The third kappa shape index (κ3) is 5.17. The van der Waals surface area contributed by atoms with E-state index >= 15 is 0 Å². The van der Waals surface area contributed by atoms with Gasteiger partial charge in [0.1, 0.15) is 0 Å². The molecular weight excluding hydrogens is 357 g/mol. The second-order valence-corrected chi connectivity index (χ2v) is 6.05. The zero-order valence-electron chi connectivity index (χ0n) is 13.5. The minimum absolute atomic E-state index is 0. The number of aromatic nitrogens is 2. The smallest absolute Gasteiger partial charge is 0.339 e. The number of nitrogens with zero attached hydrogens (tertiary/aromatic N) is 3. The Morgan fingerprint density at radius 1 is 1.24 bits per heavy atom. The molecule has 1 saturated heterocycles. The molecule has 2 N–H and O–H groups in total.